The largest absolute Gasteiger partial charge is 0.493 e. The van der Waals surface area contributed by atoms with Gasteiger partial charge in [0.15, 0.2) is 11.5 Å². The molecule has 3 nitrogen and oxygen atoms in total. The third-order valence-electron chi connectivity index (χ3n) is 2.21. The van der Waals surface area contributed by atoms with Crippen molar-refractivity contribution < 1.29 is 9.47 Å². The quantitative estimate of drug-likeness (QED) is 0.612. The lowest BCUT2D eigenvalue weighted by atomic mass is 10.2. The monoisotopic (exact) mass is 239 g/mol. The number of nitrogens with two attached hydrogens (primary N) is 1. The zero-order chi connectivity index (χ0) is 12.0. The molecule has 0 aliphatic rings. The van der Waals surface area contributed by atoms with Gasteiger partial charge in [0.25, 0.3) is 0 Å². The van der Waals surface area contributed by atoms with Crippen molar-refractivity contribution >= 4 is 17.2 Å². The molecule has 0 heterocycles. The highest BCUT2D eigenvalue weighted by Crippen LogP contribution is 2.31. The molecule has 0 aliphatic carbocycles. The summed E-state index contributed by atoms with van der Waals surface area (Å²) >= 11 is 4.98. The molecule has 0 radical (unpaired) electrons. The van der Waals surface area contributed by atoms with Crippen molar-refractivity contribution in [2.75, 3.05) is 13.7 Å². The smallest absolute Gasteiger partial charge is 0.171 e. The van der Waals surface area contributed by atoms with Crippen LogP contribution in [0, 0.1) is 0 Å². The number of methoxy groups -OCH3 is 1. The molecule has 0 aromatic heterocycles. The number of rotatable bonds is 6. The van der Waals surface area contributed by atoms with Crippen LogP contribution in [0.5, 0.6) is 11.5 Å². The van der Waals surface area contributed by atoms with Crippen LogP contribution >= 0.6 is 12.2 Å². The standard InChI is InChI=1S/C12H17NO2S/c1-3-4-8-15-11-9(12(13)16)6-5-7-10(11)14-2/h5-7H,3-4,8H2,1-2H3,(H2,13,16). The Hall–Kier alpha value is -1.29. The van der Waals surface area contributed by atoms with Crippen LogP contribution in [0.4, 0.5) is 0 Å². The number of benzene rings is 1. The first-order valence-electron chi connectivity index (χ1n) is 5.30. The molecule has 4 heteroatoms. The summed E-state index contributed by atoms with van der Waals surface area (Å²) in [6, 6.07) is 5.52. The van der Waals surface area contributed by atoms with Crippen molar-refractivity contribution in [2.45, 2.75) is 19.8 Å². The van der Waals surface area contributed by atoms with Crippen molar-refractivity contribution in [1.82, 2.24) is 0 Å². The molecule has 0 amide bonds. The predicted octanol–water partition coefficient (Wildman–Crippen LogP) is 2.51. The van der Waals surface area contributed by atoms with E-state index in [1.807, 2.05) is 18.2 Å². The highest BCUT2D eigenvalue weighted by atomic mass is 32.1. The molecule has 1 rings (SSSR count). The molecule has 16 heavy (non-hydrogen) atoms. The van der Waals surface area contributed by atoms with E-state index in [1.165, 1.54) is 0 Å². The first-order valence-corrected chi connectivity index (χ1v) is 5.71. The SMILES string of the molecule is CCCCOc1c(OC)cccc1C(N)=S. The van der Waals surface area contributed by atoms with Crippen LogP contribution < -0.4 is 15.2 Å². The number of hydrogen-bond acceptors (Lipinski definition) is 3. The van der Waals surface area contributed by atoms with Crippen molar-refractivity contribution in [3.8, 4) is 11.5 Å². The molecule has 0 unspecified atom stereocenters. The number of ether oxygens (including phenoxy) is 2. The van der Waals surface area contributed by atoms with E-state index in [4.69, 9.17) is 27.4 Å². The number of para-hydroxylation sites is 1. The van der Waals surface area contributed by atoms with Crippen molar-refractivity contribution in [2.24, 2.45) is 5.73 Å². The van der Waals surface area contributed by atoms with Gasteiger partial charge in [0.2, 0.25) is 0 Å². The summed E-state index contributed by atoms with van der Waals surface area (Å²) in [6.45, 7) is 2.76. The molecule has 0 aliphatic heterocycles. The maximum absolute atomic E-state index is 5.67. The summed E-state index contributed by atoms with van der Waals surface area (Å²) < 4.78 is 10.9. The first kappa shape index (κ1) is 12.8. The summed E-state index contributed by atoms with van der Waals surface area (Å²) in [4.78, 5) is 0.324. The molecule has 88 valence electrons. The topological polar surface area (TPSA) is 44.5 Å². The second-order valence-electron chi connectivity index (χ2n) is 3.40. The Kier molecular flexibility index (Phi) is 5.05. The molecule has 0 spiro atoms. The van der Waals surface area contributed by atoms with E-state index in [0.717, 1.165) is 18.4 Å². The molecule has 0 saturated heterocycles. The van der Waals surface area contributed by atoms with Crippen LogP contribution in [0.15, 0.2) is 18.2 Å². The molecular weight excluding hydrogens is 222 g/mol. The Bertz CT molecular complexity index is 366. The second kappa shape index (κ2) is 6.33. The lowest BCUT2D eigenvalue weighted by molar-refractivity contribution is 0.288. The van der Waals surface area contributed by atoms with Gasteiger partial charge in [-0.05, 0) is 18.6 Å². The van der Waals surface area contributed by atoms with Crippen molar-refractivity contribution in [3.63, 3.8) is 0 Å². The first-order chi connectivity index (χ1) is 7.70. The van der Waals surface area contributed by atoms with Crippen LogP contribution in [0.2, 0.25) is 0 Å². The number of thiocarbonyl (C=S) groups is 1. The molecule has 0 atom stereocenters. The Labute approximate surface area is 102 Å². The van der Waals surface area contributed by atoms with E-state index >= 15 is 0 Å². The Morgan fingerprint density at radius 2 is 2.19 bits per heavy atom. The van der Waals surface area contributed by atoms with E-state index < -0.39 is 0 Å². The van der Waals surface area contributed by atoms with E-state index in [-0.39, 0.29) is 0 Å². The van der Waals surface area contributed by atoms with Gasteiger partial charge in [-0.1, -0.05) is 31.6 Å². The average molecular weight is 239 g/mol. The predicted molar refractivity (Wildman–Crippen MR) is 69.3 cm³/mol. The van der Waals surface area contributed by atoms with Gasteiger partial charge < -0.3 is 15.2 Å². The highest BCUT2D eigenvalue weighted by Gasteiger charge is 2.11. The van der Waals surface area contributed by atoms with Crippen LogP contribution in [-0.4, -0.2) is 18.7 Å². The minimum atomic E-state index is 0.324. The number of unbranched alkanes of at least 4 members (excludes halogenated alkanes) is 1. The van der Waals surface area contributed by atoms with Crippen LogP contribution in [-0.2, 0) is 0 Å². The maximum atomic E-state index is 5.67. The fourth-order valence-electron chi connectivity index (χ4n) is 1.34. The van der Waals surface area contributed by atoms with Crippen LogP contribution in [0.3, 0.4) is 0 Å². The summed E-state index contributed by atoms with van der Waals surface area (Å²) in [5.41, 5.74) is 6.37. The van der Waals surface area contributed by atoms with E-state index in [2.05, 4.69) is 6.92 Å². The zero-order valence-corrected chi connectivity index (χ0v) is 10.5. The lowest BCUT2D eigenvalue weighted by Crippen LogP contribution is -2.12. The Balaban J connectivity index is 2.95. The summed E-state index contributed by atoms with van der Waals surface area (Å²) in [7, 11) is 1.60. The number of hydrogen-bond donors (Lipinski definition) is 1. The summed E-state index contributed by atoms with van der Waals surface area (Å²) in [6.07, 6.45) is 2.08. The van der Waals surface area contributed by atoms with Gasteiger partial charge in [0.05, 0.1) is 19.3 Å². The Morgan fingerprint density at radius 1 is 1.44 bits per heavy atom. The molecule has 2 N–H and O–H groups in total. The fraction of sp³-hybridized carbons (Fsp3) is 0.417. The highest BCUT2D eigenvalue weighted by molar-refractivity contribution is 7.80. The van der Waals surface area contributed by atoms with Gasteiger partial charge in [-0.15, -0.1) is 0 Å². The van der Waals surface area contributed by atoms with Gasteiger partial charge in [0.1, 0.15) is 4.99 Å². The van der Waals surface area contributed by atoms with Gasteiger partial charge in [-0.25, -0.2) is 0 Å². The Morgan fingerprint density at radius 3 is 2.75 bits per heavy atom. The van der Waals surface area contributed by atoms with E-state index in [1.54, 1.807) is 7.11 Å². The van der Waals surface area contributed by atoms with Crippen LogP contribution in [0.1, 0.15) is 25.3 Å². The normalized spacial score (nSPS) is 9.88. The summed E-state index contributed by atoms with van der Waals surface area (Å²) in [5.74, 6) is 1.31. The fourth-order valence-corrected chi connectivity index (χ4v) is 1.50. The van der Waals surface area contributed by atoms with Gasteiger partial charge in [-0.2, -0.15) is 0 Å². The molecule has 0 fully saturated rings. The van der Waals surface area contributed by atoms with Gasteiger partial charge in [0, 0.05) is 0 Å². The van der Waals surface area contributed by atoms with Crippen molar-refractivity contribution in [1.29, 1.82) is 0 Å². The van der Waals surface area contributed by atoms with E-state index in [0.29, 0.717) is 23.1 Å². The minimum absolute atomic E-state index is 0.324. The minimum Gasteiger partial charge on any atom is -0.493 e. The van der Waals surface area contributed by atoms with Gasteiger partial charge in [-0.3, -0.25) is 0 Å². The third kappa shape index (κ3) is 3.10. The second-order valence-corrected chi connectivity index (χ2v) is 3.84. The van der Waals surface area contributed by atoms with Gasteiger partial charge >= 0.3 is 0 Å². The van der Waals surface area contributed by atoms with Crippen molar-refractivity contribution in [3.05, 3.63) is 23.8 Å². The third-order valence-corrected chi connectivity index (χ3v) is 2.43. The average Bonchev–Trinajstić information content (AvgIpc) is 2.29. The summed E-state index contributed by atoms with van der Waals surface area (Å²) in [5, 5.41) is 0. The lowest BCUT2D eigenvalue weighted by Gasteiger charge is -2.13. The molecule has 1 aromatic rings. The molecule has 1 aromatic carbocycles. The van der Waals surface area contributed by atoms with Crippen LogP contribution in [0.25, 0.3) is 0 Å². The maximum Gasteiger partial charge on any atom is 0.171 e. The molecule has 0 bridgehead atoms. The van der Waals surface area contributed by atoms with E-state index in [9.17, 15) is 0 Å². The molecular formula is C12H17NO2S. The zero-order valence-electron chi connectivity index (χ0n) is 9.66. The molecule has 0 saturated carbocycles.